The van der Waals surface area contributed by atoms with Gasteiger partial charge in [0, 0.05) is 56.9 Å². The molecule has 0 saturated carbocycles. The van der Waals surface area contributed by atoms with Crippen LogP contribution >= 0.6 is 11.8 Å². The van der Waals surface area contributed by atoms with Crippen molar-refractivity contribution < 1.29 is 4.74 Å². The molecule has 0 aromatic carbocycles. The molecule has 2 rings (SSSR count). The molecule has 0 spiro atoms. The fraction of sp³-hybridized carbons (Fsp3) is 1.00. The van der Waals surface area contributed by atoms with E-state index >= 15 is 0 Å². The Morgan fingerprint density at radius 2 is 2.06 bits per heavy atom. The van der Waals surface area contributed by atoms with Crippen molar-refractivity contribution in [3.8, 4) is 0 Å². The molecule has 3 nitrogen and oxygen atoms in total. The molecule has 16 heavy (non-hydrogen) atoms. The highest BCUT2D eigenvalue weighted by Crippen LogP contribution is 2.09. The third-order valence-corrected chi connectivity index (χ3v) is 4.36. The maximum Gasteiger partial charge on any atom is 0.0480 e. The molecule has 2 heterocycles. The maximum atomic E-state index is 5.47. The van der Waals surface area contributed by atoms with Crippen LogP contribution in [-0.2, 0) is 4.74 Å². The molecule has 94 valence electrons. The summed E-state index contributed by atoms with van der Waals surface area (Å²) < 4.78 is 5.47. The highest BCUT2D eigenvalue weighted by Gasteiger charge is 2.13. The van der Waals surface area contributed by atoms with Gasteiger partial charge in [-0.25, -0.2) is 0 Å². The SMILES string of the molecule is C1COCCC(NCCN2CCSCC2)C1. The van der Waals surface area contributed by atoms with E-state index in [1.54, 1.807) is 0 Å². The van der Waals surface area contributed by atoms with Gasteiger partial charge in [-0.2, -0.15) is 11.8 Å². The van der Waals surface area contributed by atoms with E-state index < -0.39 is 0 Å². The van der Waals surface area contributed by atoms with Crippen LogP contribution in [0, 0.1) is 0 Å². The third-order valence-electron chi connectivity index (χ3n) is 3.42. The highest BCUT2D eigenvalue weighted by molar-refractivity contribution is 7.99. The van der Waals surface area contributed by atoms with Crippen molar-refractivity contribution in [1.29, 1.82) is 0 Å². The molecule has 0 radical (unpaired) electrons. The van der Waals surface area contributed by atoms with Gasteiger partial charge >= 0.3 is 0 Å². The van der Waals surface area contributed by atoms with E-state index in [-0.39, 0.29) is 0 Å². The number of nitrogens with one attached hydrogen (secondary N) is 1. The first kappa shape index (κ1) is 12.7. The average molecular weight is 244 g/mol. The van der Waals surface area contributed by atoms with Crippen molar-refractivity contribution >= 4 is 11.8 Å². The third kappa shape index (κ3) is 4.62. The summed E-state index contributed by atoms with van der Waals surface area (Å²) in [4.78, 5) is 2.58. The number of hydrogen-bond acceptors (Lipinski definition) is 4. The summed E-state index contributed by atoms with van der Waals surface area (Å²) in [5.41, 5.74) is 0. The average Bonchev–Trinajstić information content (AvgIpc) is 2.59. The Hall–Kier alpha value is 0.230. The molecule has 2 aliphatic rings. The zero-order valence-corrected chi connectivity index (χ0v) is 10.9. The largest absolute Gasteiger partial charge is 0.381 e. The maximum absolute atomic E-state index is 5.47. The lowest BCUT2D eigenvalue weighted by Crippen LogP contribution is -2.40. The van der Waals surface area contributed by atoms with Crippen LogP contribution in [0.5, 0.6) is 0 Å². The van der Waals surface area contributed by atoms with E-state index in [4.69, 9.17) is 4.74 Å². The summed E-state index contributed by atoms with van der Waals surface area (Å²) in [7, 11) is 0. The minimum absolute atomic E-state index is 0.696. The fourth-order valence-electron chi connectivity index (χ4n) is 2.36. The van der Waals surface area contributed by atoms with E-state index in [2.05, 4.69) is 22.0 Å². The lowest BCUT2D eigenvalue weighted by molar-refractivity contribution is 0.142. The van der Waals surface area contributed by atoms with Crippen molar-refractivity contribution in [3.05, 3.63) is 0 Å². The number of hydrogen-bond donors (Lipinski definition) is 1. The fourth-order valence-corrected chi connectivity index (χ4v) is 3.34. The number of nitrogens with zero attached hydrogens (tertiary/aromatic N) is 1. The van der Waals surface area contributed by atoms with Gasteiger partial charge in [0.15, 0.2) is 0 Å². The second kappa shape index (κ2) is 7.54. The minimum Gasteiger partial charge on any atom is -0.381 e. The van der Waals surface area contributed by atoms with Crippen molar-refractivity contribution in [3.63, 3.8) is 0 Å². The summed E-state index contributed by atoms with van der Waals surface area (Å²) in [5, 5.41) is 3.68. The molecule has 0 aromatic heterocycles. The molecule has 2 fully saturated rings. The smallest absolute Gasteiger partial charge is 0.0480 e. The highest BCUT2D eigenvalue weighted by atomic mass is 32.2. The Bertz CT molecular complexity index is 178. The van der Waals surface area contributed by atoms with Crippen LogP contribution in [0.2, 0.25) is 0 Å². The standard InChI is InChI=1S/C12H24N2OS/c1-2-12(3-9-15-8-1)13-4-5-14-6-10-16-11-7-14/h12-13H,1-11H2. The second-order valence-corrected chi connectivity index (χ2v) is 5.87. The molecule has 0 aliphatic carbocycles. The summed E-state index contributed by atoms with van der Waals surface area (Å²) in [6.07, 6.45) is 3.70. The van der Waals surface area contributed by atoms with Gasteiger partial charge in [0.2, 0.25) is 0 Å². The zero-order chi connectivity index (χ0) is 11.1. The number of thioether (sulfide) groups is 1. The van der Waals surface area contributed by atoms with E-state index in [1.165, 1.54) is 50.4 Å². The molecular formula is C12H24N2OS. The van der Waals surface area contributed by atoms with Crippen LogP contribution in [0.4, 0.5) is 0 Å². The number of ether oxygens (including phenoxy) is 1. The summed E-state index contributed by atoms with van der Waals surface area (Å²) in [5.74, 6) is 2.63. The summed E-state index contributed by atoms with van der Waals surface area (Å²) in [6, 6.07) is 0.696. The Morgan fingerprint density at radius 1 is 1.19 bits per heavy atom. The molecule has 2 aliphatic heterocycles. The van der Waals surface area contributed by atoms with Crippen LogP contribution in [-0.4, -0.2) is 61.8 Å². The summed E-state index contributed by atoms with van der Waals surface area (Å²) in [6.45, 7) is 6.83. The minimum atomic E-state index is 0.696. The first-order chi connectivity index (χ1) is 7.95. The first-order valence-electron chi connectivity index (χ1n) is 6.56. The molecule has 0 bridgehead atoms. The van der Waals surface area contributed by atoms with Gasteiger partial charge in [-0.15, -0.1) is 0 Å². The van der Waals surface area contributed by atoms with Gasteiger partial charge in [-0.1, -0.05) is 0 Å². The Kier molecular flexibility index (Phi) is 5.97. The van der Waals surface area contributed by atoms with Crippen LogP contribution in [0.25, 0.3) is 0 Å². The van der Waals surface area contributed by atoms with Gasteiger partial charge in [-0.05, 0) is 19.3 Å². The van der Waals surface area contributed by atoms with Gasteiger partial charge in [0.05, 0.1) is 0 Å². The van der Waals surface area contributed by atoms with E-state index in [0.29, 0.717) is 6.04 Å². The van der Waals surface area contributed by atoms with E-state index in [0.717, 1.165) is 19.8 Å². The van der Waals surface area contributed by atoms with Crippen molar-refractivity contribution in [2.24, 2.45) is 0 Å². The van der Waals surface area contributed by atoms with Crippen molar-refractivity contribution in [1.82, 2.24) is 10.2 Å². The lowest BCUT2D eigenvalue weighted by atomic mass is 10.1. The van der Waals surface area contributed by atoms with Gasteiger partial charge in [0.1, 0.15) is 0 Å². The molecule has 4 heteroatoms. The van der Waals surface area contributed by atoms with Crippen molar-refractivity contribution in [2.45, 2.75) is 25.3 Å². The van der Waals surface area contributed by atoms with Crippen LogP contribution in [0.3, 0.4) is 0 Å². The van der Waals surface area contributed by atoms with Gasteiger partial charge in [0.25, 0.3) is 0 Å². The molecule has 1 unspecified atom stereocenters. The normalized spacial score (nSPS) is 28.9. The number of rotatable bonds is 4. The monoisotopic (exact) mass is 244 g/mol. The molecule has 0 aromatic rings. The zero-order valence-electron chi connectivity index (χ0n) is 10.1. The van der Waals surface area contributed by atoms with Crippen molar-refractivity contribution in [2.75, 3.05) is 50.9 Å². The van der Waals surface area contributed by atoms with E-state index in [9.17, 15) is 0 Å². The molecular weight excluding hydrogens is 220 g/mol. The predicted octanol–water partition coefficient (Wildman–Crippen LogP) is 1.19. The first-order valence-corrected chi connectivity index (χ1v) is 7.72. The lowest BCUT2D eigenvalue weighted by Gasteiger charge is -2.27. The molecule has 0 amide bonds. The van der Waals surface area contributed by atoms with Gasteiger partial charge < -0.3 is 15.0 Å². The second-order valence-electron chi connectivity index (χ2n) is 4.65. The van der Waals surface area contributed by atoms with Gasteiger partial charge in [-0.3, -0.25) is 0 Å². The molecule has 1 atom stereocenters. The molecule has 1 N–H and O–H groups in total. The van der Waals surface area contributed by atoms with Crippen LogP contribution in [0.15, 0.2) is 0 Å². The van der Waals surface area contributed by atoms with Crippen LogP contribution in [0.1, 0.15) is 19.3 Å². The quantitative estimate of drug-likeness (QED) is 0.803. The van der Waals surface area contributed by atoms with E-state index in [1.807, 2.05) is 0 Å². The Labute approximate surface area is 103 Å². The predicted molar refractivity (Wildman–Crippen MR) is 70.2 cm³/mol. The topological polar surface area (TPSA) is 24.5 Å². The Morgan fingerprint density at radius 3 is 2.94 bits per heavy atom. The molecule has 2 saturated heterocycles. The Balaban J connectivity index is 1.55. The summed E-state index contributed by atoms with van der Waals surface area (Å²) >= 11 is 2.08. The van der Waals surface area contributed by atoms with Crippen LogP contribution < -0.4 is 5.32 Å².